The molecule has 0 N–H and O–H groups in total. The van der Waals surface area contributed by atoms with Gasteiger partial charge in [-0.05, 0) is 73.4 Å². The molecule has 0 heterocycles. The molecule has 4 unspecified atom stereocenters. The van der Waals surface area contributed by atoms with Crippen molar-refractivity contribution in [1.29, 1.82) is 0 Å². The second-order valence-corrected chi connectivity index (χ2v) is 6.73. The van der Waals surface area contributed by atoms with Gasteiger partial charge in [0.2, 0.25) is 0 Å². The van der Waals surface area contributed by atoms with E-state index in [-0.39, 0.29) is 0 Å². The minimum atomic E-state index is 1.07. The van der Waals surface area contributed by atoms with E-state index < -0.39 is 0 Å². The standard InChI is InChI=1S/C12H22S2/c1-13-7-9-3-5-12-10(8-14-2)4-6-11(9)12/h9-12H,3-8H2,1-2H3. The van der Waals surface area contributed by atoms with Gasteiger partial charge in [-0.25, -0.2) is 0 Å². The van der Waals surface area contributed by atoms with Gasteiger partial charge in [-0.1, -0.05) is 0 Å². The lowest BCUT2D eigenvalue weighted by Gasteiger charge is -2.19. The molecule has 82 valence electrons. The van der Waals surface area contributed by atoms with Gasteiger partial charge in [0.15, 0.2) is 0 Å². The first-order valence-electron chi connectivity index (χ1n) is 5.84. The predicted octanol–water partition coefficient (Wildman–Crippen LogP) is 3.76. The molecule has 0 aromatic heterocycles. The molecule has 2 fully saturated rings. The predicted molar refractivity (Wildman–Crippen MR) is 69.2 cm³/mol. The average Bonchev–Trinajstić information content (AvgIpc) is 2.72. The largest absolute Gasteiger partial charge is 0.165 e. The minimum absolute atomic E-state index is 1.07. The van der Waals surface area contributed by atoms with Crippen LogP contribution in [-0.2, 0) is 0 Å². The van der Waals surface area contributed by atoms with Crippen LogP contribution in [0.25, 0.3) is 0 Å². The SMILES string of the molecule is CSCC1CCC2C(CSC)CCC12. The Morgan fingerprint density at radius 2 is 1.21 bits per heavy atom. The van der Waals surface area contributed by atoms with E-state index in [1.165, 1.54) is 24.3 Å². The van der Waals surface area contributed by atoms with Crippen LogP contribution in [0.2, 0.25) is 0 Å². The van der Waals surface area contributed by atoms with Crippen molar-refractivity contribution in [2.24, 2.45) is 23.7 Å². The van der Waals surface area contributed by atoms with Gasteiger partial charge in [-0.15, -0.1) is 0 Å². The van der Waals surface area contributed by atoms with Crippen LogP contribution in [0.4, 0.5) is 0 Å². The van der Waals surface area contributed by atoms with Gasteiger partial charge < -0.3 is 0 Å². The maximum atomic E-state index is 2.27. The molecule has 2 heteroatoms. The first kappa shape index (κ1) is 11.2. The summed E-state index contributed by atoms with van der Waals surface area (Å²) in [7, 11) is 0. The van der Waals surface area contributed by atoms with Crippen LogP contribution in [-0.4, -0.2) is 24.0 Å². The maximum Gasteiger partial charge on any atom is -0.00392 e. The summed E-state index contributed by atoms with van der Waals surface area (Å²) in [5.74, 6) is 7.21. The quantitative estimate of drug-likeness (QED) is 0.721. The molecule has 14 heavy (non-hydrogen) atoms. The molecule has 4 atom stereocenters. The maximum absolute atomic E-state index is 2.27. The van der Waals surface area contributed by atoms with Gasteiger partial charge >= 0.3 is 0 Å². The fourth-order valence-corrected chi connectivity index (χ4v) is 5.37. The number of hydrogen-bond donors (Lipinski definition) is 0. The van der Waals surface area contributed by atoms with Gasteiger partial charge in [-0.2, -0.15) is 23.5 Å². The van der Waals surface area contributed by atoms with E-state index in [1.807, 2.05) is 0 Å². The Hall–Kier alpha value is 0.700. The van der Waals surface area contributed by atoms with E-state index in [4.69, 9.17) is 0 Å². The van der Waals surface area contributed by atoms with Crippen LogP contribution in [0.1, 0.15) is 25.7 Å². The van der Waals surface area contributed by atoms with Crippen LogP contribution in [0.15, 0.2) is 0 Å². The summed E-state index contributed by atoms with van der Waals surface area (Å²) in [6.07, 6.45) is 10.7. The molecule has 0 spiro atoms. The van der Waals surface area contributed by atoms with Gasteiger partial charge in [0.25, 0.3) is 0 Å². The summed E-state index contributed by atoms with van der Waals surface area (Å²) in [6, 6.07) is 0. The van der Waals surface area contributed by atoms with Crippen molar-refractivity contribution >= 4 is 23.5 Å². The topological polar surface area (TPSA) is 0 Å². The first-order valence-corrected chi connectivity index (χ1v) is 8.63. The molecule has 0 radical (unpaired) electrons. The third-order valence-corrected chi connectivity index (χ3v) is 5.79. The van der Waals surface area contributed by atoms with E-state index in [0.29, 0.717) is 0 Å². The zero-order chi connectivity index (χ0) is 9.97. The monoisotopic (exact) mass is 230 g/mol. The van der Waals surface area contributed by atoms with Crippen molar-refractivity contribution in [1.82, 2.24) is 0 Å². The van der Waals surface area contributed by atoms with Crippen LogP contribution in [0.3, 0.4) is 0 Å². The van der Waals surface area contributed by atoms with Crippen molar-refractivity contribution in [2.75, 3.05) is 24.0 Å². The van der Waals surface area contributed by atoms with Crippen LogP contribution >= 0.6 is 23.5 Å². The van der Waals surface area contributed by atoms with Crippen molar-refractivity contribution in [3.63, 3.8) is 0 Å². The summed E-state index contributed by atoms with van der Waals surface area (Å²) in [5.41, 5.74) is 0. The number of hydrogen-bond acceptors (Lipinski definition) is 2. The molecule has 2 saturated carbocycles. The Bertz CT molecular complexity index is 161. The summed E-state index contributed by atoms with van der Waals surface area (Å²) < 4.78 is 0. The molecule has 0 amide bonds. The molecule has 2 rings (SSSR count). The lowest BCUT2D eigenvalue weighted by atomic mass is 9.90. The van der Waals surface area contributed by atoms with Crippen molar-refractivity contribution in [3.05, 3.63) is 0 Å². The fraction of sp³-hybridized carbons (Fsp3) is 1.00. The second-order valence-electron chi connectivity index (χ2n) is 4.91. The first-order chi connectivity index (χ1) is 6.86. The molecule has 0 aromatic carbocycles. The average molecular weight is 230 g/mol. The highest BCUT2D eigenvalue weighted by Crippen LogP contribution is 2.51. The van der Waals surface area contributed by atoms with Crippen molar-refractivity contribution < 1.29 is 0 Å². The molecular formula is C12H22S2. The Labute approximate surface area is 97.0 Å². The normalized spacial score (nSPS) is 41.6. The number of thioether (sulfide) groups is 2. The second kappa shape index (κ2) is 5.16. The highest BCUT2D eigenvalue weighted by molar-refractivity contribution is 7.98. The molecule has 2 aliphatic carbocycles. The highest BCUT2D eigenvalue weighted by atomic mass is 32.2. The van der Waals surface area contributed by atoms with Gasteiger partial charge in [0.1, 0.15) is 0 Å². The zero-order valence-corrected chi connectivity index (χ0v) is 11.0. The number of rotatable bonds is 4. The Kier molecular flexibility index (Phi) is 4.12. The van der Waals surface area contributed by atoms with E-state index in [2.05, 4.69) is 36.0 Å². The van der Waals surface area contributed by atoms with Gasteiger partial charge in [0, 0.05) is 0 Å². The summed E-state index contributed by atoms with van der Waals surface area (Å²) in [6.45, 7) is 0. The number of fused-ring (bicyclic) bond motifs is 1. The Morgan fingerprint density at radius 3 is 1.57 bits per heavy atom. The summed E-state index contributed by atoms with van der Waals surface area (Å²) in [4.78, 5) is 0. The summed E-state index contributed by atoms with van der Waals surface area (Å²) >= 11 is 4.11. The Balaban J connectivity index is 1.90. The van der Waals surface area contributed by atoms with Gasteiger partial charge in [0.05, 0.1) is 0 Å². The lowest BCUT2D eigenvalue weighted by molar-refractivity contribution is 0.345. The highest BCUT2D eigenvalue weighted by Gasteiger charge is 2.43. The van der Waals surface area contributed by atoms with Gasteiger partial charge in [-0.3, -0.25) is 0 Å². The third kappa shape index (κ3) is 2.11. The molecular weight excluding hydrogens is 208 g/mol. The molecule has 0 aliphatic heterocycles. The Morgan fingerprint density at radius 1 is 0.786 bits per heavy atom. The fourth-order valence-electron chi connectivity index (χ4n) is 3.68. The van der Waals surface area contributed by atoms with E-state index >= 15 is 0 Å². The third-order valence-electron chi connectivity index (χ3n) is 4.26. The molecule has 2 aliphatic rings. The van der Waals surface area contributed by atoms with Crippen LogP contribution in [0, 0.1) is 23.7 Å². The minimum Gasteiger partial charge on any atom is -0.165 e. The van der Waals surface area contributed by atoms with Crippen molar-refractivity contribution in [2.45, 2.75) is 25.7 Å². The van der Waals surface area contributed by atoms with E-state index in [9.17, 15) is 0 Å². The molecule has 0 nitrogen and oxygen atoms in total. The zero-order valence-electron chi connectivity index (χ0n) is 9.37. The molecule has 0 aromatic rings. The van der Waals surface area contributed by atoms with Crippen LogP contribution in [0.5, 0.6) is 0 Å². The van der Waals surface area contributed by atoms with Crippen LogP contribution < -0.4 is 0 Å². The van der Waals surface area contributed by atoms with E-state index in [0.717, 1.165) is 23.7 Å². The summed E-state index contributed by atoms with van der Waals surface area (Å²) in [5, 5.41) is 0. The van der Waals surface area contributed by atoms with Crippen molar-refractivity contribution in [3.8, 4) is 0 Å². The molecule has 0 bridgehead atoms. The van der Waals surface area contributed by atoms with E-state index in [1.54, 1.807) is 12.8 Å². The molecule has 0 saturated heterocycles. The lowest BCUT2D eigenvalue weighted by Crippen LogP contribution is -2.15. The smallest absolute Gasteiger partial charge is 0.00392 e.